The summed E-state index contributed by atoms with van der Waals surface area (Å²) in [5.74, 6) is 0.197. The third kappa shape index (κ3) is 4.70. The van der Waals surface area contributed by atoms with Gasteiger partial charge in [-0.15, -0.1) is 12.4 Å². The Morgan fingerprint density at radius 1 is 1.12 bits per heavy atom. The van der Waals surface area contributed by atoms with Gasteiger partial charge in [0.05, 0.1) is 0 Å². The largest absolute Gasteiger partial charge is 0.339 e. The summed E-state index contributed by atoms with van der Waals surface area (Å²) < 4.78 is 13.0. The standard InChI is InChI=1S/C19H27FN2O.ClH/c20-16-8-5-14(6-9-16)11-12-22(18-3-1-2-4-18)19(23)15-7-10-17(21)13-15;/h5-6,8-9,15,17-18H,1-4,7,10-13,21H2;1H. The smallest absolute Gasteiger partial charge is 0.226 e. The Morgan fingerprint density at radius 3 is 2.38 bits per heavy atom. The molecule has 2 saturated carbocycles. The van der Waals surface area contributed by atoms with Crippen molar-refractivity contribution in [1.82, 2.24) is 4.90 Å². The van der Waals surface area contributed by atoms with E-state index in [1.807, 2.05) is 12.1 Å². The van der Waals surface area contributed by atoms with Crippen molar-refractivity contribution in [3.63, 3.8) is 0 Å². The first-order chi connectivity index (χ1) is 11.1. The highest BCUT2D eigenvalue weighted by Crippen LogP contribution is 2.30. The fourth-order valence-corrected chi connectivity index (χ4v) is 4.06. The van der Waals surface area contributed by atoms with Crippen LogP contribution < -0.4 is 5.73 Å². The van der Waals surface area contributed by atoms with Gasteiger partial charge in [-0.3, -0.25) is 4.79 Å². The molecule has 134 valence electrons. The van der Waals surface area contributed by atoms with Gasteiger partial charge in [0.15, 0.2) is 0 Å². The molecule has 24 heavy (non-hydrogen) atoms. The molecule has 1 aromatic rings. The average molecular weight is 355 g/mol. The lowest BCUT2D eigenvalue weighted by molar-refractivity contribution is -0.137. The summed E-state index contributed by atoms with van der Waals surface area (Å²) in [6, 6.07) is 7.20. The van der Waals surface area contributed by atoms with E-state index in [2.05, 4.69) is 4.90 Å². The summed E-state index contributed by atoms with van der Waals surface area (Å²) >= 11 is 0. The van der Waals surface area contributed by atoms with Crippen molar-refractivity contribution in [2.45, 2.75) is 63.5 Å². The van der Waals surface area contributed by atoms with Crippen LogP contribution in [0.3, 0.4) is 0 Å². The van der Waals surface area contributed by atoms with Gasteiger partial charge in [-0.2, -0.15) is 0 Å². The van der Waals surface area contributed by atoms with E-state index >= 15 is 0 Å². The fourth-order valence-electron chi connectivity index (χ4n) is 4.06. The zero-order chi connectivity index (χ0) is 16.2. The molecule has 0 saturated heterocycles. The minimum absolute atomic E-state index is 0. The molecule has 0 heterocycles. The molecule has 3 rings (SSSR count). The predicted octanol–water partition coefficient (Wildman–Crippen LogP) is 3.69. The third-order valence-corrected chi connectivity index (χ3v) is 5.43. The third-order valence-electron chi connectivity index (χ3n) is 5.43. The molecule has 5 heteroatoms. The van der Waals surface area contributed by atoms with Gasteiger partial charge in [0.25, 0.3) is 0 Å². The summed E-state index contributed by atoms with van der Waals surface area (Å²) in [4.78, 5) is 15.1. The van der Waals surface area contributed by atoms with Gasteiger partial charge in [-0.25, -0.2) is 4.39 Å². The van der Waals surface area contributed by atoms with Crippen LogP contribution in [-0.4, -0.2) is 29.4 Å². The number of nitrogens with two attached hydrogens (primary N) is 1. The lowest BCUT2D eigenvalue weighted by atomic mass is 10.0. The van der Waals surface area contributed by atoms with Crippen LogP contribution in [0, 0.1) is 11.7 Å². The Morgan fingerprint density at radius 2 is 1.79 bits per heavy atom. The lowest BCUT2D eigenvalue weighted by Crippen LogP contribution is -2.43. The van der Waals surface area contributed by atoms with Crippen LogP contribution in [-0.2, 0) is 11.2 Å². The Hall–Kier alpha value is -1.13. The second kappa shape index (κ2) is 8.82. The van der Waals surface area contributed by atoms with Crippen LogP contribution in [0.5, 0.6) is 0 Å². The minimum Gasteiger partial charge on any atom is -0.339 e. The normalized spacial score (nSPS) is 23.9. The summed E-state index contributed by atoms with van der Waals surface area (Å²) in [6.45, 7) is 0.737. The number of carbonyl (C=O) groups is 1. The number of rotatable bonds is 5. The van der Waals surface area contributed by atoms with Gasteiger partial charge < -0.3 is 10.6 Å². The molecule has 2 fully saturated rings. The Kier molecular flexibility index (Phi) is 7.05. The number of benzene rings is 1. The predicted molar refractivity (Wildman–Crippen MR) is 96.6 cm³/mol. The molecule has 0 aromatic heterocycles. The van der Waals surface area contributed by atoms with Crippen molar-refractivity contribution >= 4 is 18.3 Å². The molecule has 2 N–H and O–H groups in total. The van der Waals surface area contributed by atoms with Gasteiger partial charge in [-0.05, 0) is 56.2 Å². The van der Waals surface area contributed by atoms with Gasteiger partial charge >= 0.3 is 0 Å². The second-order valence-electron chi connectivity index (χ2n) is 7.12. The van der Waals surface area contributed by atoms with Crippen LogP contribution in [0.15, 0.2) is 24.3 Å². The van der Waals surface area contributed by atoms with Crippen molar-refractivity contribution < 1.29 is 9.18 Å². The van der Waals surface area contributed by atoms with E-state index in [1.165, 1.54) is 25.0 Å². The molecule has 1 amide bonds. The molecule has 2 unspecified atom stereocenters. The van der Waals surface area contributed by atoms with Crippen LogP contribution in [0.25, 0.3) is 0 Å². The summed E-state index contributed by atoms with van der Waals surface area (Å²) in [7, 11) is 0. The van der Waals surface area contributed by atoms with Crippen molar-refractivity contribution in [1.29, 1.82) is 0 Å². The highest BCUT2D eigenvalue weighted by atomic mass is 35.5. The highest BCUT2D eigenvalue weighted by molar-refractivity contribution is 5.85. The number of amides is 1. The maximum Gasteiger partial charge on any atom is 0.226 e. The second-order valence-corrected chi connectivity index (χ2v) is 7.12. The van der Waals surface area contributed by atoms with Gasteiger partial charge in [-0.1, -0.05) is 25.0 Å². The van der Waals surface area contributed by atoms with Crippen LogP contribution in [0.1, 0.15) is 50.5 Å². The molecule has 0 bridgehead atoms. The van der Waals surface area contributed by atoms with Crippen molar-refractivity contribution in [3.05, 3.63) is 35.6 Å². The first-order valence-corrected chi connectivity index (χ1v) is 8.94. The average Bonchev–Trinajstić information content (AvgIpc) is 3.21. The molecule has 3 nitrogen and oxygen atoms in total. The fraction of sp³-hybridized carbons (Fsp3) is 0.632. The number of halogens is 2. The molecule has 0 radical (unpaired) electrons. The molecular formula is C19H28ClFN2O. The van der Waals surface area contributed by atoms with E-state index in [0.717, 1.165) is 50.6 Å². The summed E-state index contributed by atoms with van der Waals surface area (Å²) in [5, 5.41) is 0. The van der Waals surface area contributed by atoms with Crippen molar-refractivity contribution in [2.24, 2.45) is 11.7 Å². The zero-order valence-electron chi connectivity index (χ0n) is 14.1. The molecule has 1 aromatic carbocycles. The number of hydrogen-bond donors (Lipinski definition) is 1. The zero-order valence-corrected chi connectivity index (χ0v) is 14.9. The maximum atomic E-state index is 13.0. The van der Waals surface area contributed by atoms with Crippen LogP contribution >= 0.6 is 12.4 Å². The Labute approximate surface area is 150 Å². The van der Waals surface area contributed by atoms with Crippen LogP contribution in [0.4, 0.5) is 4.39 Å². The monoisotopic (exact) mass is 354 g/mol. The molecule has 2 atom stereocenters. The van der Waals surface area contributed by atoms with Gasteiger partial charge in [0.2, 0.25) is 5.91 Å². The van der Waals surface area contributed by atoms with Crippen molar-refractivity contribution in [2.75, 3.05) is 6.54 Å². The minimum atomic E-state index is -0.211. The first kappa shape index (κ1) is 19.2. The van der Waals surface area contributed by atoms with E-state index in [4.69, 9.17) is 5.73 Å². The van der Waals surface area contributed by atoms with E-state index in [9.17, 15) is 9.18 Å². The summed E-state index contributed by atoms with van der Waals surface area (Å²) in [6.07, 6.45) is 8.19. The van der Waals surface area contributed by atoms with E-state index < -0.39 is 0 Å². The molecule has 2 aliphatic carbocycles. The van der Waals surface area contributed by atoms with Crippen molar-refractivity contribution in [3.8, 4) is 0 Å². The quantitative estimate of drug-likeness (QED) is 0.876. The maximum absolute atomic E-state index is 13.0. The Balaban J connectivity index is 0.00000208. The van der Waals surface area contributed by atoms with Gasteiger partial charge in [0.1, 0.15) is 5.82 Å². The number of hydrogen-bond acceptors (Lipinski definition) is 2. The molecular weight excluding hydrogens is 327 g/mol. The molecule has 0 spiro atoms. The topological polar surface area (TPSA) is 46.3 Å². The van der Waals surface area contributed by atoms with E-state index in [-0.39, 0.29) is 30.2 Å². The van der Waals surface area contributed by atoms with Crippen LogP contribution in [0.2, 0.25) is 0 Å². The Bertz CT molecular complexity index is 531. The highest BCUT2D eigenvalue weighted by Gasteiger charge is 2.34. The molecule has 0 aliphatic heterocycles. The van der Waals surface area contributed by atoms with E-state index in [0.29, 0.717) is 11.9 Å². The summed E-state index contributed by atoms with van der Waals surface area (Å²) in [5.41, 5.74) is 7.08. The van der Waals surface area contributed by atoms with E-state index in [1.54, 1.807) is 0 Å². The first-order valence-electron chi connectivity index (χ1n) is 8.94. The molecule has 2 aliphatic rings. The van der Waals surface area contributed by atoms with Gasteiger partial charge in [0, 0.05) is 24.5 Å². The number of carbonyl (C=O) groups excluding carboxylic acids is 1. The lowest BCUT2D eigenvalue weighted by Gasteiger charge is -2.31. The number of nitrogens with zero attached hydrogens (tertiary/aromatic N) is 1. The SMILES string of the molecule is Cl.NC1CCC(C(=O)N(CCc2ccc(F)cc2)C2CCCC2)C1.